The summed E-state index contributed by atoms with van der Waals surface area (Å²) in [5, 5.41) is 2.93. The van der Waals surface area contributed by atoms with Gasteiger partial charge in [0.2, 0.25) is 15.7 Å². The lowest BCUT2D eigenvalue weighted by Crippen LogP contribution is -2.40. The molecule has 168 valence electrons. The summed E-state index contributed by atoms with van der Waals surface area (Å²) in [4.78, 5) is 4.95. The Bertz CT molecular complexity index is 1410. The van der Waals surface area contributed by atoms with Crippen molar-refractivity contribution >= 4 is 38.4 Å². The molecule has 0 bridgehead atoms. The maximum Gasteiger partial charge on any atom is 0.283 e. The first-order chi connectivity index (χ1) is 16.5. The van der Waals surface area contributed by atoms with E-state index in [1.54, 1.807) is 0 Å². The molecule has 5 aromatic rings. The van der Waals surface area contributed by atoms with E-state index >= 15 is 0 Å². The molecule has 4 aromatic carbocycles. The van der Waals surface area contributed by atoms with E-state index in [2.05, 4.69) is 36.4 Å². The van der Waals surface area contributed by atoms with Crippen molar-refractivity contribution in [2.24, 2.45) is 0 Å². The largest absolute Gasteiger partial charge is 0.421 e. The van der Waals surface area contributed by atoms with E-state index in [0.717, 1.165) is 21.5 Å². The summed E-state index contributed by atoms with van der Waals surface area (Å²) in [6.07, 6.45) is 1.18. The van der Waals surface area contributed by atoms with Crippen LogP contribution in [0.15, 0.2) is 131 Å². The molecule has 0 aliphatic carbocycles. The van der Waals surface area contributed by atoms with Crippen LogP contribution in [0.3, 0.4) is 0 Å². The molecular formula is C28H23NO3PS+. The van der Waals surface area contributed by atoms with Gasteiger partial charge in [-0.05, 0) is 48.5 Å². The molecule has 0 N–H and O–H groups in total. The van der Waals surface area contributed by atoms with Crippen molar-refractivity contribution < 1.29 is 12.8 Å². The highest BCUT2D eigenvalue weighted by molar-refractivity contribution is 8.02. The molecule has 34 heavy (non-hydrogen) atoms. The van der Waals surface area contributed by atoms with E-state index in [4.69, 9.17) is 9.40 Å². The van der Waals surface area contributed by atoms with Gasteiger partial charge >= 0.3 is 0 Å². The monoisotopic (exact) mass is 484 g/mol. The summed E-state index contributed by atoms with van der Waals surface area (Å²) in [5.41, 5.74) is 1.18. The van der Waals surface area contributed by atoms with Gasteiger partial charge < -0.3 is 4.42 Å². The third kappa shape index (κ3) is 3.87. The highest BCUT2D eigenvalue weighted by Gasteiger charge is 2.54. The van der Waals surface area contributed by atoms with Gasteiger partial charge in [-0.15, -0.1) is 0 Å². The van der Waals surface area contributed by atoms with Crippen molar-refractivity contribution in [2.75, 3.05) is 6.26 Å². The van der Waals surface area contributed by atoms with Crippen LogP contribution < -0.4 is 21.3 Å². The lowest BCUT2D eigenvalue weighted by atomic mass is 10.2. The molecule has 0 aliphatic heterocycles. The van der Waals surface area contributed by atoms with E-state index in [1.807, 2.05) is 84.9 Å². The van der Waals surface area contributed by atoms with Crippen molar-refractivity contribution in [1.29, 1.82) is 0 Å². The zero-order valence-corrected chi connectivity index (χ0v) is 20.3. The van der Waals surface area contributed by atoms with Crippen molar-refractivity contribution in [1.82, 2.24) is 4.98 Å². The van der Waals surface area contributed by atoms with Gasteiger partial charge in [-0.2, -0.15) is 4.98 Å². The summed E-state index contributed by atoms with van der Waals surface area (Å²) >= 11 is 0. The maximum atomic E-state index is 13.1. The average Bonchev–Trinajstić information content (AvgIpc) is 3.34. The number of rotatable bonds is 6. The Morgan fingerprint density at radius 3 is 1.38 bits per heavy atom. The van der Waals surface area contributed by atoms with Gasteiger partial charge in [-0.25, -0.2) is 8.42 Å². The lowest BCUT2D eigenvalue weighted by Gasteiger charge is -2.25. The molecule has 5 rings (SSSR count). The SMILES string of the molecule is CS(=O)(=O)c1oc(-c2ccccc2)nc1[P+](c1ccccc1)(c1ccccc1)c1ccccc1. The van der Waals surface area contributed by atoms with Gasteiger partial charge in [0.05, 0.1) is 0 Å². The van der Waals surface area contributed by atoms with Crippen LogP contribution in [0.5, 0.6) is 0 Å². The van der Waals surface area contributed by atoms with Crippen molar-refractivity contribution in [3.8, 4) is 11.5 Å². The summed E-state index contributed by atoms with van der Waals surface area (Å²) in [7, 11) is -6.45. The molecule has 0 atom stereocenters. The van der Waals surface area contributed by atoms with Crippen LogP contribution in [-0.4, -0.2) is 19.7 Å². The Balaban J connectivity index is 1.96. The van der Waals surface area contributed by atoms with Crippen LogP contribution in [0.25, 0.3) is 11.5 Å². The predicted molar refractivity (Wildman–Crippen MR) is 140 cm³/mol. The Hall–Kier alpha value is -3.53. The number of aromatic nitrogens is 1. The topological polar surface area (TPSA) is 60.2 Å². The third-order valence-corrected chi connectivity index (χ3v) is 10.9. The molecule has 6 heteroatoms. The highest BCUT2D eigenvalue weighted by atomic mass is 32.2. The van der Waals surface area contributed by atoms with Gasteiger partial charge in [0.25, 0.3) is 10.5 Å². The minimum Gasteiger partial charge on any atom is -0.421 e. The molecule has 0 amide bonds. The zero-order chi connectivity index (χ0) is 23.6. The molecule has 0 unspecified atom stereocenters. The summed E-state index contributed by atoms with van der Waals surface area (Å²) in [5.74, 6) is 0.295. The first-order valence-electron chi connectivity index (χ1n) is 10.8. The Kier molecular flexibility index (Phi) is 5.91. The molecule has 0 spiro atoms. The Morgan fingerprint density at radius 2 is 1.00 bits per heavy atom. The number of sulfone groups is 1. The molecule has 0 saturated carbocycles. The third-order valence-electron chi connectivity index (χ3n) is 5.69. The van der Waals surface area contributed by atoms with E-state index in [1.165, 1.54) is 6.26 Å². The molecule has 1 aromatic heterocycles. The Morgan fingerprint density at radius 1 is 0.618 bits per heavy atom. The second-order valence-corrected chi connectivity index (χ2v) is 13.2. The van der Waals surface area contributed by atoms with E-state index < -0.39 is 17.1 Å². The first-order valence-corrected chi connectivity index (χ1v) is 14.5. The summed E-state index contributed by atoms with van der Waals surface area (Å²) in [6, 6.07) is 39.5. The van der Waals surface area contributed by atoms with Crippen molar-refractivity contribution in [2.45, 2.75) is 5.09 Å². The Labute approximate surface area is 200 Å². The van der Waals surface area contributed by atoms with Crippen LogP contribution in [0.4, 0.5) is 0 Å². The number of benzene rings is 4. The van der Waals surface area contributed by atoms with Gasteiger partial charge in [0.15, 0.2) is 7.26 Å². The molecule has 0 saturated heterocycles. The van der Waals surface area contributed by atoms with Gasteiger partial charge in [-0.3, -0.25) is 0 Å². The first kappa shape index (κ1) is 22.3. The molecule has 0 aliphatic rings. The van der Waals surface area contributed by atoms with Crippen LogP contribution >= 0.6 is 7.26 Å². The zero-order valence-electron chi connectivity index (χ0n) is 18.6. The fourth-order valence-corrected chi connectivity index (χ4v) is 9.79. The van der Waals surface area contributed by atoms with Gasteiger partial charge in [-0.1, -0.05) is 72.8 Å². The van der Waals surface area contributed by atoms with E-state index in [-0.39, 0.29) is 5.09 Å². The van der Waals surface area contributed by atoms with Crippen molar-refractivity contribution in [3.63, 3.8) is 0 Å². The normalized spacial score (nSPS) is 11.9. The summed E-state index contributed by atoms with van der Waals surface area (Å²) in [6.45, 7) is 0. The fourth-order valence-electron chi connectivity index (χ4n) is 4.22. The number of oxazole rings is 1. The van der Waals surface area contributed by atoms with Crippen LogP contribution in [0.1, 0.15) is 0 Å². The van der Waals surface area contributed by atoms with Crippen molar-refractivity contribution in [3.05, 3.63) is 121 Å². The number of hydrogen-bond acceptors (Lipinski definition) is 4. The molecule has 0 fully saturated rings. The molecule has 0 radical (unpaired) electrons. The minimum atomic E-state index is -3.73. The second kappa shape index (κ2) is 9.02. The minimum absolute atomic E-state index is 0.0868. The van der Waals surface area contributed by atoms with Crippen LogP contribution in [-0.2, 0) is 9.84 Å². The molecular weight excluding hydrogens is 461 g/mol. The highest BCUT2D eigenvalue weighted by Crippen LogP contribution is 2.55. The molecule has 1 heterocycles. The fraction of sp³-hybridized carbons (Fsp3) is 0.0357. The maximum absolute atomic E-state index is 13.1. The molecule has 4 nitrogen and oxygen atoms in total. The quantitative estimate of drug-likeness (QED) is 0.336. The van der Waals surface area contributed by atoms with E-state index in [0.29, 0.717) is 11.3 Å². The van der Waals surface area contributed by atoms with E-state index in [9.17, 15) is 8.42 Å². The van der Waals surface area contributed by atoms with Crippen LogP contribution in [0.2, 0.25) is 0 Å². The van der Waals surface area contributed by atoms with Crippen LogP contribution in [0, 0.1) is 0 Å². The van der Waals surface area contributed by atoms with Gasteiger partial charge in [0, 0.05) is 11.8 Å². The second-order valence-electron chi connectivity index (χ2n) is 7.95. The summed E-state index contributed by atoms with van der Waals surface area (Å²) < 4.78 is 32.3. The average molecular weight is 485 g/mol. The number of nitrogens with zero attached hydrogens (tertiary/aromatic N) is 1. The van der Waals surface area contributed by atoms with Gasteiger partial charge in [0.1, 0.15) is 15.9 Å². The smallest absolute Gasteiger partial charge is 0.283 e. The standard InChI is InChI=1S/C28H23NO3PS/c1-34(30,31)28-27(29-26(32-28)22-14-6-2-7-15-22)33(23-16-8-3-9-17-23,24-18-10-4-11-19-24)25-20-12-5-13-21-25/h2-21H,1H3/q+1. The lowest BCUT2D eigenvalue weighted by molar-refractivity contribution is 0.464. The predicted octanol–water partition coefficient (Wildman–Crippen LogP) is 4.36. The number of hydrogen-bond donors (Lipinski definition) is 0.